The van der Waals surface area contributed by atoms with Crippen molar-refractivity contribution in [3.8, 4) is 0 Å². The molecule has 0 saturated carbocycles. The molecule has 0 aromatic rings. The molecule has 0 unspecified atom stereocenters. The third-order valence-corrected chi connectivity index (χ3v) is 1.39. The minimum absolute atomic E-state index is 0.400. The maximum absolute atomic E-state index is 11.1. The quantitative estimate of drug-likeness (QED) is 0.441. The van der Waals surface area contributed by atoms with Gasteiger partial charge in [0.1, 0.15) is 0 Å². The summed E-state index contributed by atoms with van der Waals surface area (Å²) in [7, 11) is 1.33. The average Bonchev–Trinajstić information content (AvgIpc) is 2.15. The molecule has 0 heterocycles. The van der Waals surface area contributed by atoms with E-state index in [0.717, 1.165) is 0 Å². The molecule has 0 amide bonds. The van der Waals surface area contributed by atoms with Gasteiger partial charge in [-0.25, -0.2) is 4.79 Å². The lowest BCUT2D eigenvalue weighted by Crippen LogP contribution is -2.05. The fourth-order valence-corrected chi connectivity index (χ4v) is 0.852. The summed E-state index contributed by atoms with van der Waals surface area (Å²) >= 11 is 3.12. The molecule has 3 heteroatoms. The van der Waals surface area contributed by atoms with Crippen molar-refractivity contribution < 1.29 is 9.53 Å². The summed E-state index contributed by atoms with van der Waals surface area (Å²) in [6, 6.07) is 0. The molecule has 0 rings (SSSR count). The van der Waals surface area contributed by atoms with Gasteiger partial charge < -0.3 is 4.74 Å². The van der Waals surface area contributed by atoms with E-state index in [4.69, 9.17) is 0 Å². The van der Waals surface area contributed by atoms with E-state index in [2.05, 4.69) is 33.8 Å². The second-order valence-corrected chi connectivity index (χ2v) is 3.30. The van der Waals surface area contributed by atoms with E-state index in [-0.39, 0.29) is 0 Å². The molecule has 80 valence electrons. The number of hydrogen-bond acceptors (Lipinski definition) is 2. The SMILES string of the molecule is C=C(Br)/C=C(\C(=C)C)C(=O)OC.CC. The molecule has 0 bridgehead atoms. The monoisotopic (exact) mass is 260 g/mol. The molecule has 2 nitrogen and oxygen atoms in total. The first kappa shape index (κ1) is 15.6. The number of rotatable bonds is 3. The van der Waals surface area contributed by atoms with Crippen LogP contribution in [-0.4, -0.2) is 13.1 Å². The zero-order valence-corrected chi connectivity index (χ0v) is 10.8. The van der Waals surface area contributed by atoms with Gasteiger partial charge in [0.05, 0.1) is 12.7 Å². The lowest BCUT2D eigenvalue weighted by Gasteiger charge is -2.03. The molecule has 0 aliphatic carbocycles. The van der Waals surface area contributed by atoms with Crippen LogP contribution in [0.15, 0.2) is 34.9 Å². The van der Waals surface area contributed by atoms with Gasteiger partial charge in [0.2, 0.25) is 0 Å². The van der Waals surface area contributed by atoms with Crippen molar-refractivity contribution in [2.45, 2.75) is 20.8 Å². The Kier molecular flexibility index (Phi) is 9.78. The van der Waals surface area contributed by atoms with Gasteiger partial charge >= 0.3 is 5.97 Å². The average molecular weight is 261 g/mol. The molecule has 0 aliphatic heterocycles. The van der Waals surface area contributed by atoms with Gasteiger partial charge in [-0.3, -0.25) is 0 Å². The summed E-state index contributed by atoms with van der Waals surface area (Å²) in [6.45, 7) is 13.0. The lowest BCUT2D eigenvalue weighted by atomic mass is 10.1. The number of allylic oxidation sites excluding steroid dienone is 2. The fraction of sp³-hybridized carbons (Fsp3) is 0.364. The Morgan fingerprint density at radius 2 is 1.79 bits per heavy atom. The molecule has 0 radical (unpaired) electrons. The standard InChI is InChI=1S/C9H11BrO2.C2H6/c1-6(2)8(5-7(3)10)9(11)12-4;1-2/h5H,1,3H2,2,4H3;1-2H3/b8-5+;. The third kappa shape index (κ3) is 6.66. The molecule has 0 atom stereocenters. The van der Waals surface area contributed by atoms with Gasteiger partial charge in [0.15, 0.2) is 0 Å². The maximum atomic E-state index is 11.1. The van der Waals surface area contributed by atoms with Gasteiger partial charge in [0.25, 0.3) is 0 Å². The van der Waals surface area contributed by atoms with Gasteiger partial charge in [-0.15, -0.1) is 0 Å². The molecule has 0 aromatic heterocycles. The zero-order chi connectivity index (χ0) is 11.7. The first-order valence-corrected chi connectivity index (χ1v) is 5.08. The minimum atomic E-state index is -0.400. The summed E-state index contributed by atoms with van der Waals surface area (Å²) in [5, 5.41) is 0. The highest BCUT2D eigenvalue weighted by Crippen LogP contribution is 2.14. The summed E-state index contributed by atoms with van der Waals surface area (Å²) in [6.07, 6.45) is 1.58. The second-order valence-electron chi connectivity index (χ2n) is 2.28. The lowest BCUT2D eigenvalue weighted by molar-refractivity contribution is -0.135. The van der Waals surface area contributed by atoms with Crippen molar-refractivity contribution in [2.24, 2.45) is 0 Å². The normalized spacial score (nSPS) is 9.64. The Labute approximate surface area is 94.5 Å². The van der Waals surface area contributed by atoms with Crippen LogP contribution < -0.4 is 0 Å². The first-order chi connectivity index (χ1) is 6.49. The predicted molar refractivity (Wildman–Crippen MR) is 64.3 cm³/mol. The van der Waals surface area contributed by atoms with Crippen LogP contribution >= 0.6 is 15.9 Å². The van der Waals surface area contributed by atoms with Crippen molar-refractivity contribution in [1.82, 2.24) is 0 Å². The number of carbonyl (C=O) groups excluding carboxylic acids is 1. The van der Waals surface area contributed by atoms with E-state index in [0.29, 0.717) is 15.6 Å². The van der Waals surface area contributed by atoms with E-state index < -0.39 is 5.97 Å². The van der Waals surface area contributed by atoms with Gasteiger partial charge in [-0.2, -0.15) is 0 Å². The summed E-state index contributed by atoms with van der Waals surface area (Å²) in [5.74, 6) is -0.400. The van der Waals surface area contributed by atoms with Crippen molar-refractivity contribution >= 4 is 21.9 Å². The van der Waals surface area contributed by atoms with Crippen molar-refractivity contribution in [1.29, 1.82) is 0 Å². The largest absolute Gasteiger partial charge is 0.465 e. The highest BCUT2D eigenvalue weighted by Gasteiger charge is 2.09. The molecule has 0 fully saturated rings. The minimum Gasteiger partial charge on any atom is -0.465 e. The Morgan fingerprint density at radius 3 is 2.00 bits per heavy atom. The first-order valence-electron chi connectivity index (χ1n) is 4.29. The molecule has 0 N–H and O–H groups in total. The summed E-state index contributed by atoms with van der Waals surface area (Å²) in [4.78, 5) is 11.1. The number of esters is 1. The van der Waals surface area contributed by atoms with Crippen LogP contribution in [0.3, 0.4) is 0 Å². The molecule has 0 aromatic carbocycles. The number of hydrogen-bond donors (Lipinski definition) is 0. The maximum Gasteiger partial charge on any atom is 0.338 e. The van der Waals surface area contributed by atoms with E-state index in [9.17, 15) is 4.79 Å². The van der Waals surface area contributed by atoms with Gasteiger partial charge in [-0.1, -0.05) is 42.9 Å². The van der Waals surface area contributed by atoms with Gasteiger partial charge in [0, 0.05) is 4.48 Å². The van der Waals surface area contributed by atoms with E-state index >= 15 is 0 Å². The number of carbonyl (C=O) groups is 1. The molecule has 0 spiro atoms. The van der Waals surface area contributed by atoms with Gasteiger partial charge in [-0.05, 0) is 18.6 Å². The third-order valence-electron chi connectivity index (χ3n) is 1.17. The number of methoxy groups -OCH3 is 1. The van der Waals surface area contributed by atoms with Crippen molar-refractivity contribution in [3.05, 3.63) is 34.9 Å². The topological polar surface area (TPSA) is 26.3 Å². The molecule has 14 heavy (non-hydrogen) atoms. The molecular weight excluding hydrogens is 244 g/mol. The highest BCUT2D eigenvalue weighted by atomic mass is 79.9. The van der Waals surface area contributed by atoms with E-state index in [1.165, 1.54) is 7.11 Å². The van der Waals surface area contributed by atoms with Crippen LogP contribution in [0.1, 0.15) is 20.8 Å². The Hall–Kier alpha value is -0.830. The highest BCUT2D eigenvalue weighted by molar-refractivity contribution is 9.11. The predicted octanol–water partition coefficient (Wildman–Crippen LogP) is 3.60. The Morgan fingerprint density at radius 1 is 1.36 bits per heavy atom. The Balaban J connectivity index is 0. The summed E-state index contributed by atoms with van der Waals surface area (Å²) in [5.41, 5.74) is 1.09. The van der Waals surface area contributed by atoms with E-state index in [1.807, 2.05) is 13.8 Å². The molecule has 0 aliphatic rings. The Bertz CT molecular complexity index is 252. The smallest absolute Gasteiger partial charge is 0.338 e. The van der Waals surface area contributed by atoms with Crippen molar-refractivity contribution in [3.63, 3.8) is 0 Å². The van der Waals surface area contributed by atoms with Crippen LogP contribution in [-0.2, 0) is 9.53 Å². The fourth-order valence-electron chi connectivity index (χ4n) is 0.623. The molecule has 0 saturated heterocycles. The zero-order valence-electron chi connectivity index (χ0n) is 9.19. The molecular formula is C11H17BrO2. The summed E-state index contributed by atoms with van der Waals surface area (Å²) < 4.78 is 5.16. The van der Waals surface area contributed by atoms with E-state index in [1.54, 1.807) is 13.0 Å². The second kappa shape index (κ2) is 8.75. The number of ether oxygens (including phenoxy) is 1. The van der Waals surface area contributed by atoms with Crippen molar-refractivity contribution in [2.75, 3.05) is 7.11 Å². The van der Waals surface area contributed by atoms with Crippen LogP contribution in [0, 0.1) is 0 Å². The van der Waals surface area contributed by atoms with Crippen LogP contribution in [0.5, 0.6) is 0 Å². The van der Waals surface area contributed by atoms with Crippen LogP contribution in [0.25, 0.3) is 0 Å². The van der Waals surface area contributed by atoms with Crippen LogP contribution in [0.4, 0.5) is 0 Å². The van der Waals surface area contributed by atoms with Crippen LogP contribution in [0.2, 0.25) is 0 Å². The number of halogens is 1.